The van der Waals surface area contributed by atoms with Crippen LogP contribution in [0.1, 0.15) is 87.7 Å². The first-order valence-corrected chi connectivity index (χ1v) is 13.7. The number of hydrogen-bond acceptors (Lipinski definition) is 5. The summed E-state index contributed by atoms with van der Waals surface area (Å²) in [7, 11) is 0. The van der Waals surface area contributed by atoms with Crippen LogP contribution >= 0.6 is 0 Å². The van der Waals surface area contributed by atoms with Crippen molar-refractivity contribution in [2.75, 3.05) is 6.54 Å². The van der Waals surface area contributed by atoms with Gasteiger partial charge in [-0.25, -0.2) is 9.50 Å². The Morgan fingerprint density at radius 2 is 2.00 bits per heavy atom. The topological polar surface area (TPSA) is 106 Å². The Balaban J connectivity index is 1.40. The Hall–Kier alpha value is -3.23. The smallest absolute Gasteiger partial charge is 0.270 e. The Kier molecular flexibility index (Phi) is 7.05. The van der Waals surface area contributed by atoms with Gasteiger partial charge in [-0.3, -0.25) is 14.3 Å². The number of nitrogens with zero attached hydrogens (tertiary/aromatic N) is 5. The highest BCUT2D eigenvalue weighted by molar-refractivity contribution is 5.92. The van der Waals surface area contributed by atoms with Crippen molar-refractivity contribution in [3.05, 3.63) is 47.7 Å². The number of amides is 2. The summed E-state index contributed by atoms with van der Waals surface area (Å²) < 4.78 is 3.52. The molecule has 2 atom stereocenters. The molecule has 2 fully saturated rings. The number of hydrogen-bond donors (Lipinski definition) is 2. The van der Waals surface area contributed by atoms with Gasteiger partial charge in [-0.05, 0) is 61.6 Å². The van der Waals surface area contributed by atoms with E-state index in [1.54, 1.807) is 21.5 Å². The van der Waals surface area contributed by atoms with Gasteiger partial charge in [0.1, 0.15) is 5.69 Å². The molecule has 1 unspecified atom stereocenters. The number of fused-ring (bicyclic) bond motifs is 1. The lowest BCUT2D eigenvalue weighted by molar-refractivity contribution is -0.129. The predicted octanol–water partition coefficient (Wildman–Crippen LogP) is 3.95. The van der Waals surface area contributed by atoms with Crippen molar-refractivity contribution in [3.63, 3.8) is 0 Å². The van der Waals surface area contributed by atoms with Gasteiger partial charge in [0.2, 0.25) is 5.91 Å². The summed E-state index contributed by atoms with van der Waals surface area (Å²) in [4.78, 5) is 30.7. The zero-order valence-corrected chi connectivity index (χ0v) is 22.4. The molecule has 5 rings (SSSR count). The monoisotopic (exact) mass is 505 g/mol. The van der Waals surface area contributed by atoms with Gasteiger partial charge in [0.25, 0.3) is 5.91 Å². The van der Waals surface area contributed by atoms with Gasteiger partial charge < -0.3 is 10.6 Å². The van der Waals surface area contributed by atoms with E-state index in [0.717, 1.165) is 49.1 Å². The first kappa shape index (κ1) is 25.4. The summed E-state index contributed by atoms with van der Waals surface area (Å²) >= 11 is 0. The van der Waals surface area contributed by atoms with E-state index in [1.165, 1.54) is 0 Å². The minimum Gasteiger partial charge on any atom is -0.355 e. The second-order valence-electron chi connectivity index (χ2n) is 11.8. The van der Waals surface area contributed by atoms with Crippen LogP contribution in [0.25, 0.3) is 5.65 Å². The number of piperidine rings is 1. The van der Waals surface area contributed by atoms with E-state index in [4.69, 9.17) is 10.1 Å². The molecule has 3 aromatic heterocycles. The zero-order chi connectivity index (χ0) is 26.2. The van der Waals surface area contributed by atoms with Gasteiger partial charge in [-0.15, -0.1) is 0 Å². The fraction of sp³-hybridized carbons (Fsp3) is 0.607. The van der Waals surface area contributed by atoms with Crippen LogP contribution in [-0.4, -0.2) is 42.7 Å². The van der Waals surface area contributed by atoms with Crippen LogP contribution in [0.2, 0.25) is 0 Å². The third-order valence-corrected chi connectivity index (χ3v) is 8.15. The third kappa shape index (κ3) is 5.55. The number of carbonyl (C=O) groups excluding carboxylic acids is 2. The number of nitrogens with one attached hydrogen (secondary N) is 2. The Morgan fingerprint density at radius 3 is 2.76 bits per heavy atom. The number of rotatable bonds is 7. The van der Waals surface area contributed by atoms with Gasteiger partial charge in [0.05, 0.1) is 23.6 Å². The number of carbonyl (C=O) groups is 2. The molecule has 4 heterocycles. The predicted molar refractivity (Wildman–Crippen MR) is 141 cm³/mol. The standard InChI is InChI=1S/C28H39N7O2/c1-5-34-23(12-13-30-34)27(37)32-25(19-8-6-18(2)7-9-19)22-16-35-24(31-22)11-10-21(33-35)14-20-15-28(3,4)17-29-26(20)36/h10-13,16,18-20,25H,5-9,14-15,17H2,1-4H3,(H,29,36)(H,32,37)/t18-,19-,20?,25-/m0/s1. The maximum Gasteiger partial charge on any atom is 0.270 e. The SMILES string of the molecule is CCn1nccc1C(=O)N[C@H](c1cn2nc(CC3CC(C)(C)CNC3=O)ccc2n1)[C@H]1CC[C@H](C)CC1. The highest BCUT2D eigenvalue weighted by Gasteiger charge is 2.34. The summed E-state index contributed by atoms with van der Waals surface area (Å²) in [6, 6.07) is 5.50. The maximum absolute atomic E-state index is 13.3. The Bertz CT molecular complexity index is 1270. The summed E-state index contributed by atoms with van der Waals surface area (Å²) in [5, 5.41) is 15.4. The molecule has 0 bridgehead atoms. The normalized spacial score (nSPS) is 24.5. The largest absolute Gasteiger partial charge is 0.355 e. The molecule has 2 amide bonds. The second kappa shape index (κ2) is 10.3. The van der Waals surface area contributed by atoms with Gasteiger partial charge >= 0.3 is 0 Å². The van der Waals surface area contributed by atoms with Crippen molar-refractivity contribution in [2.24, 2.45) is 23.2 Å². The summed E-state index contributed by atoms with van der Waals surface area (Å²) in [5.41, 5.74) is 3.09. The van der Waals surface area contributed by atoms with Gasteiger partial charge in [-0.2, -0.15) is 10.2 Å². The first-order valence-electron chi connectivity index (χ1n) is 13.7. The molecule has 2 aliphatic rings. The van der Waals surface area contributed by atoms with E-state index in [-0.39, 0.29) is 29.2 Å². The molecule has 198 valence electrons. The average Bonchev–Trinajstić information content (AvgIpc) is 3.52. The molecular formula is C28H39N7O2. The van der Waals surface area contributed by atoms with Crippen LogP contribution < -0.4 is 10.6 Å². The Labute approximate surface area is 218 Å². The fourth-order valence-corrected chi connectivity index (χ4v) is 5.96. The van der Waals surface area contributed by atoms with E-state index in [2.05, 4.69) is 36.5 Å². The van der Waals surface area contributed by atoms with Crippen LogP contribution in [0.15, 0.2) is 30.6 Å². The molecule has 1 saturated heterocycles. The molecule has 0 radical (unpaired) electrons. The number of aromatic nitrogens is 5. The Morgan fingerprint density at radius 1 is 1.22 bits per heavy atom. The van der Waals surface area contributed by atoms with Crippen LogP contribution in [0, 0.1) is 23.2 Å². The van der Waals surface area contributed by atoms with Crippen molar-refractivity contribution in [2.45, 2.75) is 78.8 Å². The lowest BCUT2D eigenvalue weighted by Gasteiger charge is -2.34. The van der Waals surface area contributed by atoms with E-state index in [0.29, 0.717) is 37.0 Å². The van der Waals surface area contributed by atoms with E-state index >= 15 is 0 Å². The number of imidazole rings is 1. The van der Waals surface area contributed by atoms with Crippen molar-refractivity contribution < 1.29 is 9.59 Å². The minimum absolute atomic E-state index is 0.0843. The van der Waals surface area contributed by atoms with Crippen LogP contribution in [0.3, 0.4) is 0 Å². The number of aryl methyl sites for hydroxylation is 1. The lowest BCUT2D eigenvalue weighted by Crippen LogP contribution is -2.46. The van der Waals surface area contributed by atoms with E-state index < -0.39 is 0 Å². The average molecular weight is 506 g/mol. The molecule has 1 saturated carbocycles. The minimum atomic E-state index is -0.199. The zero-order valence-electron chi connectivity index (χ0n) is 22.4. The highest BCUT2D eigenvalue weighted by Crippen LogP contribution is 2.37. The third-order valence-electron chi connectivity index (χ3n) is 8.15. The first-order chi connectivity index (χ1) is 17.7. The molecular weight excluding hydrogens is 466 g/mol. The fourth-order valence-electron chi connectivity index (χ4n) is 5.96. The quantitative estimate of drug-likeness (QED) is 0.506. The summed E-state index contributed by atoms with van der Waals surface area (Å²) in [5.74, 6) is 0.918. The molecule has 1 aliphatic heterocycles. The highest BCUT2D eigenvalue weighted by atomic mass is 16.2. The van der Waals surface area contributed by atoms with Crippen molar-refractivity contribution in [1.82, 2.24) is 35.0 Å². The van der Waals surface area contributed by atoms with E-state index in [9.17, 15) is 9.59 Å². The maximum atomic E-state index is 13.3. The molecule has 9 nitrogen and oxygen atoms in total. The van der Waals surface area contributed by atoms with E-state index in [1.807, 2.05) is 25.3 Å². The van der Waals surface area contributed by atoms with Crippen LogP contribution in [0.5, 0.6) is 0 Å². The van der Waals surface area contributed by atoms with Crippen LogP contribution in [0.4, 0.5) is 0 Å². The summed E-state index contributed by atoms with van der Waals surface area (Å²) in [6.45, 7) is 10.0. The molecule has 2 N–H and O–H groups in total. The summed E-state index contributed by atoms with van der Waals surface area (Å²) in [6.07, 6.45) is 9.47. The molecule has 37 heavy (non-hydrogen) atoms. The van der Waals surface area contributed by atoms with Gasteiger partial charge in [0.15, 0.2) is 5.65 Å². The van der Waals surface area contributed by atoms with Crippen LogP contribution in [-0.2, 0) is 17.8 Å². The molecule has 0 aromatic carbocycles. The van der Waals surface area contributed by atoms with Gasteiger partial charge in [0, 0.05) is 31.6 Å². The van der Waals surface area contributed by atoms with Crippen molar-refractivity contribution in [1.29, 1.82) is 0 Å². The van der Waals surface area contributed by atoms with Crippen molar-refractivity contribution >= 4 is 17.5 Å². The second-order valence-corrected chi connectivity index (χ2v) is 11.8. The van der Waals surface area contributed by atoms with Crippen molar-refractivity contribution in [3.8, 4) is 0 Å². The molecule has 9 heteroatoms. The molecule has 3 aromatic rings. The lowest BCUT2D eigenvalue weighted by atomic mass is 9.77. The molecule has 1 aliphatic carbocycles. The van der Waals surface area contributed by atoms with Gasteiger partial charge in [-0.1, -0.05) is 33.6 Å². The molecule has 0 spiro atoms.